The Labute approximate surface area is 120 Å². The summed E-state index contributed by atoms with van der Waals surface area (Å²) in [5.41, 5.74) is -0.960. The number of aryl methyl sites for hydroxylation is 1. The molecule has 1 rings (SSSR count). The van der Waals surface area contributed by atoms with Gasteiger partial charge in [0.15, 0.2) is 0 Å². The molecule has 112 valence electrons. The summed E-state index contributed by atoms with van der Waals surface area (Å²) >= 11 is 0. The molecule has 0 aliphatic carbocycles. The van der Waals surface area contributed by atoms with E-state index in [1.807, 2.05) is 41.5 Å². The summed E-state index contributed by atoms with van der Waals surface area (Å²) in [6.45, 7) is 11.7. The molecule has 1 aromatic rings. The van der Waals surface area contributed by atoms with Gasteiger partial charge in [0.2, 0.25) is 0 Å². The van der Waals surface area contributed by atoms with Crippen LogP contribution in [0.4, 0.5) is 10.6 Å². The summed E-state index contributed by atoms with van der Waals surface area (Å²) in [4.78, 5) is 20.0. The smallest absolute Gasteiger partial charge is 0.408 e. The molecule has 0 bridgehead atoms. The maximum Gasteiger partial charge on any atom is 0.408 e. The Morgan fingerprint density at radius 1 is 1.30 bits per heavy atom. The number of hydrogen-bond donors (Lipinski definition) is 2. The molecule has 0 fully saturated rings. The molecule has 0 unspecified atom stereocenters. The van der Waals surface area contributed by atoms with Crippen LogP contribution in [0.5, 0.6) is 0 Å². The van der Waals surface area contributed by atoms with Crippen molar-refractivity contribution >= 4 is 11.9 Å². The SMILES string of the molecule is Cc1nccc(NCC(C)(C)NC(=O)OC(C)(C)C)n1. The van der Waals surface area contributed by atoms with E-state index in [4.69, 9.17) is 4.74 Å². The van der Waals surface area contributed by atoms with Gasteiger partial charge in [-0.15, -0.1) is 0 Å². The predicted octanol–water partition coefficient (Wildman–Crippen LogP) is 2.50. The minimum atomic E-state index is -0.503. The first-order valence-electron chi connectivity index (χ1n) is 6.62. The minimum Gasteiger partial charge on any atom is -0.444 e. The molecule has 0 saturated heterocycles. The van der Waals surface area contributed by atoms with E-state index in [0.717, 1.165) is 5.82 Å². The van der Waals surface area contributed by atoms with Crippen molar-refractivity contribution in [1.29, 1.82) is 0 Å². The van der Waals surface area contributed by atoms with Gasteiger partial charge >= 0.3 is 6.09 Å². The molecule has 0 atom stereocenters. The Kier molecular flexibility index (Phi) is 4.92. The van der Waals surface area contributed by atoms with E-state index in [9.17, 15) is 4.79 Å². The number of rotatable bonds is 4. The minimum absolute atomic E-state index is 0.428. The predicted molar refractivity (Wildman–Crippen MR) is 78.7 cm³/mol. The number of amides is 1. The van der Waals surface area contributed by atoms with Gasteiger partial charge in [0, 0.05) is 12.7 Å². The standard InChI is InChI=1S/C14H24N4O2/c1-10-15-8-7-11(17-10)16-9-14(5,6)18-12(19)20-13(2,3)4/h7-8H,9H2,1-6H3,(H,18,19)(H,15,16,17). The molecule has 6 heteroatoms. The molecule has 0 aromatic carbocycles. The Hall–Kier alpha value is -1.85. The zero-order valence-corrected chi connectivity index (χ0v) is 13.1. The van der Waals surface area contributed by atoms with E-state index >= 15 is 0 Å². The second-order valence-electron chi connectivity index (χ2n) is 6.35. The highest BCUT2D eigenvalue weighted by molar-refractivity contribution is 5.68. The fourth-order valence-electron chi connectivity index (χ4n) is 1.49. The number of hydrogen-bond acceptors (Lipinski definition) is 5. The van der Waals surface area contributed by atoms with Gasteiger partial charge in [-0.05, 0) is 47.6 Å². The number of nitrogens with one attached hydrogen (secondary N) is 2. The molecule has 0 radical (unpaired) electrons. The number of aromatic nitrogens is 2. The van der Waals surface area contributed by atoms with E-state index in [1.54, 1.807) is 12.3 Å². The summed E-state index contributed by atoms with van der Waals surface area (Å²) in [6, 6.07) is 1.79. The maximum absolute atomic E-state index is 11.8. The third-order valence-electron chi connectivity index (χ3n) is 2.33. The van der Waals surface area contributed by atoms with Crippen LogP contribution < -0.4 is 10.6 Å². The van der Waals surface area contributed by atoms with Crippen LogP contribution in [0.2, 0.25) is 0 Å². The second-order valence-corrected chi connectivity index (χ2v) is 6.35. The molecule has 0 aliphatic heterocycles. The lowest BCUT2D eigenvalue weighted by Crippen LogP contribution is -2.50. The lowest BCUT2D eigenvalue weighted by molar-refractivity contribution is 0.0478. The molecule has 2 N–H and O–H groups in total. The van der Waals surface area contributed by atoms with Crippen molar-refractivity contribution in [1.82, 2.24) is 15.3 Å². The van der Waals surface area contributed by atoms with Gasteiger partial charge in [-0.25, -0.2) is 14.8 Å². The van der Waals surface area contributed by atoms with E-state index in [1.165, 1.54) is 0 Å². The Morgan fingerprint density at radius 3 is 2.50 bits per heavy atom. The first-order chi connectivity index (χ1) is 9.07. The Bertz CT molecular complexity index is 466. The van der Waals surface area contributed by atoms with Crippen molar-refractivity contribution in [2.45, 2.75) is 52.7 Å². The van der Waals surface area contributed by atoms with E-state index in [-0.39, 0.29) is 0 Å². The van der Waals surface area contributed by atoms with Gasteiger partial charge in [0.05, 0.1) is 5.54 Å². The molecule has 0 aliphatic rings. The molecular weight excluding hydrogens is 256 g/mol. The highest BCUT2D eigenvalue weighted by atomic mass is 16.6. The van der Waals surface area contributed by atoms with Crippen LogP contribution in [-0.4, -0.2) is 33.7 Å². The first kappa shape index (κ1) is 16.2. The van der Waals surface area contributed by atoms with Crippen molar-refractivity contribution in [3.63, 3.8) is 0 Å². The largest absolute Gasteiger partial charge is 0.444 e. The van der Waals surface area contributed by atoms with Crippen LogP contribution in [-0.2, 0) is 4.74 Å². The molecule has 1 amide bonds. The zero-order valence-electron chi connectivity index (χ0n) is 13.1. The average Bonchev–Trinajstić information content (AvgIpc) is 2.23. The third kappa shape index (κ3) is 6.36. The third-order valence-corrected chi connectivity index (χ3v) is 2.33. The molecule has 6 nitrogen and oxygen atoms in total. The number of carbonyl (C=O) groups excluding carboxylic acids is 1. The highest BCUT2D eigenvalue weighted by Crippen LogP contribution is 2.10. The molecule has 1 aromatic heterocycles. The van der Waals surface area contributed by atoms with Gasteiger partial charge in [-0.1, -0.05) is 0 Å². The van der Waals surface area contributed by atoms with Crippen molar-refractivity contribution in [3.05, 3.63) is 18.1 Å². The normalized spacial score (nSPS) is 11.9. The molecule has 0 spiro atoms. The molecule has 1 heterocycles. The quantitative estimate of drug-likeness (QED) is 0.886. The van der Waals surface area contributed by atoms with Gasteiger partial charge in [0.1, 0.15) is 17.2 Å². The van der Waals surface area contributed by atoms with Crippen LogP contribution in [0, 0.1) is 6.92 Å². The monoisotopic (exact) mass is 280 g/mol. The van der Waals surface area contributed by atoms with Gasteiger partial charge in [0.25, 0.3) is 0 Å². The van der Waals surface area contributed by atoms with Crippen LogP contribution in [0.15, 0.2) is 12.3 Å². The zero-order chi connectivity index (χ0) is 15.4. The van der Waals surface area contributed by atoms with E-state index in [0.29, 0.717) is 12.4 Å². The summed E-state index contributed by atoms with van der Waals surface area (Å²) in [5.74, 6) is 1.43. The van der Waals surface area contributed by atoms with Gasteiger partial charge in [-0.2, -0.15) is 0 Å². The molecule has 20 heavy (non-hydrogen) atoms. The topological polar surface area (TPSA) is 76.1 Å². The number of carbonyl (C=O) groups is 1. The first-order valence-corrected chi connectivity index (χ1v) is 6.62. The highest BCUT2D eigenvalue weighted by Gasteiger charge is 2.24. The molecular formula is C14H24N4O2. The van der Waals surface area contributed by atoms with Crippen LogP contribution >= 0.6 is 0 Å². The van der Waals surface area contributed by atoms with Crippen molar-refractivity contribution in [2.24, 2.45) is 0 Å². The summed E-state index contributed by atoms with van der Waals surface area (Å²) in [6.07, 6.45) is 1.27. The number of anilines is 1. The van der Waals surface area contributed by atoms with E-state index < -0.39 is 17.2 Å². The van der Waals surface area contributed by atoms with Gasteiger partial charge < -0.3 is 15.4 Å². The van der Waals surface area contributed by atoms with Crippen LogP contribution in [0.1, 0.15) is 40.4 Å². The Morgan fingerprint density at radius 2 is 1.95 bits per heavy atom. The molecule has 0 saturated carbocycles. The van der Waals surface area contributed by atoms with Crippen LogP contribution in [0.3, 0.4) is 0 Å². The fraction of sp³-hybridized carbons (Fsp3) is 0.643. The fourth-order valence-corrected chi connectivity index (χ4v) is 1.49. The number of alkyl carbamates (subject to hydrolysis) is 1. The van der Waals surface area contributed by atoms with Gasteiger partial charge in [-0.3, -0.25) is 0 Å². The average molecular weight is 280 g/mol. The summed E-state index contributed by atoms with van der Waals surface area (Å²) in [5, 5.41) is 6.00. The van der Waals surface area contributed by atoms with Crippen molar-refractivity contribution in [3.8, 4) is 0 Å². The second kappa shape index (κ2) is 6.07. The summed E-state index contributed by atoms with van der Waals surface area (Å²) < 4.78 is 5.24. The Balaban J connectivity index is 2.51. The maximum atomic E-state index is 11.8. The lowest BCUT2D eigenvalue weighted by Gasteiger charge is -2.29. The van der Waals surface area contributed by atoms with Crippen molar-refractivity contribution in [2.75, 3.05) is 11.9 Å². The number of ether oxygens (including phenoxy) is 1. The van der Waals surface area contributed by atoms with Crippen molar-refractivity contribution < 1.29 is 9.53 Å². The van der Waals surface area contributed by atoms with E-state index in [2.05, 4.69) is 20.6 Å². The number of nitrogens with zero attached hydrogens (tertiary/aromatic N) is 2. The van der Waals surface area contributed by atoms with Crippen LogP contribution in [0.25, 0.3) is 0 Å². The summed E-state index contributed by atoms with van der Waals surface area (Å²) in [7, 11) is 0. The lowest BCUT2D eigenvalue weighted by atomic mass is 10.1.